The van der Waals surface area contributed by atoms with E-state index in [1.165, 1.54) is 33.0 Å². The molecule has 3 aliphatic heterocycles. The number of halogens is 1. The molecule has 8 rings (SSSR count). The molecule has 4 aromatic rings. The summed E-state index contributed by atoms with van der Waals surface area (Å²) >= 11 is 6.66. The molecule has 0 amide bonds. The summed E-state index contributed by atoms with van der Waals surface area (Å²) in [5.41, 5.74) is 7.08. The first-order chi connectivity index (χ1) is 25.1. The third-order valence-electron chi connectivity index (χ3n) is 10.3. The molecule has 0 saturated carbocycles. The lowest BCUT2D eigenvalue weighted by Gasteiger charge is -2.42. The zero-order chi connectivity index (χ0) is 36.5. The minimum Gasteiger partial charge on any atom is -0.496 e. The van der Waals surface area contributed by atoms with Crippen LogP contribution in [0, 0.1) is 5.92 Å². The number of fused-ring (bicyclic) bond motifs is 3. The molecule has 1 aromatic heterocycles. The molecule has 52 heavy (non-hydrogen) atoms. The van der Waals surface area contributed by atoms with E-state index in [0.29, 0.717) is 42.4 Å². The van der Waals surface area contributed by atoms with Crippen LogP contribution < -0.4 is 45.0 Å². The van der Waals surface area contributed by atoms with Gasteiger partial charge in [0.25, 0.3) is 5.56 Å². The van der Waals surface area contributed by atoms with E-state index in [4.69, 9.17) is 45.8 Å². The predicted octanol–water partition coefficient (Wildman–Crippen LogP) is 5.02. The maximum atomic E-state index is 15.1. The van der Waals surface area contributed by atoms with E-state index in [9.17, 15) is 9.59 Å². The van der Waals surface area contributed by atoms with Crippen LogP contribution in [-0.2, 0) is 17.6 Å². The largest absolute Gasteiger partial charge is 0.496 e. The summed E-state index contributed by atoms with van der Waals surface area (Å²) in [6, 6.07) is 12.9. The number of H-pyrrole nitrogens is 1. The van der Waals surface area contributed by atoms with Gasteiger partial charge in [-0.25, -0.2) is 0 Å². The quantitative estimate of drug-likeness (QED) is 0.207. The number of carbonyl (C=O) groups excluding carboxylic acids is 2. The lowest BCUT2D eigenvalue weighted by Crippen LogP contribution is -2.58. The highest BCUT2D eigenvalue weighted by Gasteiger charge is 2.63. The molecule has 14 heteroatoms. The molecule has 1 spiro atoms. The second kappa shape index (κ2) is 12.5. The third-order valence-corrected chi connectivity index (χ3v) is 10.6. The van der Waals surface area contributed by atoms with E-state index in [2.05, 4.69) is 21.4 Å². The zero-order valence-electron chi connectivity index (χ0n) is 28.8. The average Bonchev–Trinajstić information content (AvgIpc) is 3.73. The van der Waals surface area contributed by atoms with E-state index < -0.39 is 34.6 Å². The number of aromatic nitrogens is 2. The third kappa shape index (κ3) is 4.97. The predicted molar refractivity (Wildman–Crippen MR) is 191 cm³/mol. The van der Waals surface area contributed by atoms with Crippen molar-refractivity contribution in [3.05, 3.63) is 96.9 Å². The van der Waals surface area contributed by atoms with Crippen molar-refractivity contribution in [1.82, 2.24) is 9.97 Å². The van der Waals surface area contributed by atoms with Gasteiger partial charge in [0.2, 0.25) is 23.1 Å². The Morgan fingerprint density at radius 1 is 0.981 bits per heavy atom. The summed E-state index contributed by atoms with van der Waals surface area (Å²) in [4.78, 5) is 50.2. The number of anilines is 2. The van der Waals surface area contributed by atoms with Gasteiger partial charge < -0.3 is 39.5 Å². The Morgan fingerprint density at radius 3 is 2.54 bits per heavy atom. The number of carbonyl (C=O) groups is 2. The number of nitrogens with two attached hydrogens (primary N) is 1. The number of rotatable bonds is 8. The van der Waals surface area contributed by atoms with E-state index in [-0.39, 0.29) is 57.2 Å². The number of nitrogen functional groups attached to an aromatic ring is 1. The number of Topliss-reactive ketones (excluding diaryl/α,β-unsaturated/α-hetero) is 2. The van der Waals surface area contributed by atoms with Gasteiger partial charge in [-0.2, -0.15) is 4.98 Å². The first kappa shape index (κ1) is 33.5. The summed E-state index contributed by atoms with van der Waals surface area (Å²) in [5.74, 6) is -0.634. The zero-order valence-corrected chi connectivity index (χ0v) is 29.6. The Morgan fingerprint density at radius 2 is 1.77 bits per heavy atom. The van der Waals surface area contributed by atoms with E-state index in [1.54, 1.807) is 25.1 Å². The van der Waals surface area contributed by atoms with Gasteiger partial charge in [-0.05, 0) is 41.3 Å². The van der Waals surface area contributed by atoms with Crippen molar-refractivity contribution in [2.75, 3.05) is 45.6 Å². The van der Waals surface area contributed by atoms with Crippen molar-refractivity contribution in [3.8, 4) is 34.5 Å². The fourth-order valence-corrected chi connectivity index (χ4v) is 8.03. The van der Waals surface area contributed by atoms with Crippen molar-refractivity contribution in [3.63, 3.8) is 0 Å². The number of allylic oxidation sites excluding steroid dienone is 1. The molecule has 3 aromatic carbocycles. The molecule has 4 aliphatic rings. The molecule has 1 aliphatic carbocycles. The lowest BCUT2D eigenvalue weighted by atomic mass is 9.66. The molecule has 268 valence electrons. The Bertz CT molecular complexity index is 2290. The summed E-state index contributed by atoms with van der Waals surface area (Å²) in [6.45, 7) is 2.81. The Hall–Kier alpha value is -5.69. The topological polar surface area (TPSA) is 173 Å². The van der Waals surface area contributed by atoms with Crippen LogP contribution in [0.25, 0.3) is 0 Å². The number of nitrogens with one attached hydrogen (secondary N) is 2. The van der Waals surface area contributed by atoms with Crippen molar-refractivity contribution in [2.45, 2.75) is 37.7 Å². The minimum absolute atomic E-state index is 0.00323. The lowest BCUT2D eigenvalue weighted by molar-refractivity contribution is -0.130. The normalized spacial score (nSPS) is 21.0. The highest BCUT2D eigenvalue weighted by molar-refractivity contribution is 6.36. The maximum absolute atomic E-state index is 15.1. The number of ketones is 2. The van der Waals surface area contributed by atoms with Crippen LogP contribution in [0.2, 0.25) is 5.02 Å². The van der Waals surface area contributed by atoms with Gasteiger partial charge in [-0.15, -0.1) is 0 Å². The molecule has 1 unspecified atom stereocenters. The van der Waals surface area contributed by atoms with Crippen molar-refractivity contribution in [2.24, 2.45) is 5.92 Å². The van der Waals surface area contributed by atoms with Gasteiger partial charge in [-0.3, -0.25) is 19.4 Å². The molecule has 0 fully saturated rings. The monoisotopic (exact) mass is 726 g/mol. The van der Waals surface area contributed by atoms with Gasteiger partial charge in [0, 0.05) is 42.0 Å². The smallest absolute Gasteiger partial charge is 0.258 e. The van der Waals surface area contributed by atoms with Gasteiger partial charge >= 0.3 is 0 Å². The van der Waals surface area contributed by atoms with Crippen LogP contribution >= 0.6 is 11.6 Å². The second-order valence-electron chi connectivity index (χ2n) is 13.1. The summed E-state index contributed by atoms with van der Waals surface area (Å²) < 4.78 is 34.9. The van der Waals surface area contributed by atoms with Crippen LogP contribution in [-0.4, -0.2) is 61.7 Å². The number of hydrogen-bond acceptors (Lipinski definition) is 12. The van der Waals surface area contributed by atoms with Crippen LogP contribution in [0.15, 0.2) is 58.5 Å². The van der Waals surface area contributed by atoms with Crippen LogP contribution in [0.3, 0.4) is 0 Å². The molecule has 0 bridgehead atoms. The fraction of sp³-hybridized carbons (Fsp3) is 0.316. The number of ether oxygens (including phenoxy) is 6. The highest BCUT2D eigenvalue weighted by atomic mass is 35.5. The van der Waals surface area contributed by atoms with Crippen molar-refractivity contribution < 1.29 is 38.0 Å². The van der Waals surface area contributed by atoms with Gasteiger partial charge in [0.05, 0.1) is 40.1 Å². The molecule has 0 saturated heterocycles. The second-order valence-corrected chi connectivity index (χ2v) is 13.5. The Balaban J connectivity index is 1.18. The number of aromatic amines is 1. The Labute approximate surface area is 303 Å². The number of nitrogens with zero attached hydrogens (tertiary/aromatic N) is 1. The molecule has 3 atom stereocenters. The molecular weight excluding hydrogens is 692 g/mol. The van der Waals surface area contributed by atoms with Gasteiger partial charge in [0.1, 0.15) is 33.7 Å². The summed E-state index contributed by atoms with van der Waals surface area (Å²) in [6.07, 6.45) is 1.73. The maximum Gasteiger partial charge on any atom is 0.258 e. The number of benzene rings is 3. The highest BCUT2D eigenvalue weighted by Crippen LogP contribution is 2.56. The van der Waals surface area contributed by atoms with E-state index >= 15 is 4.79 Å². The van der Waals surface area contributed by atoms with E-state index in [1.807, 2.05) is 12.1 Å². The molecule has 0 radical (unpaired) electrons. The SMILES string of the molecule is COc1cc(C2C3=C(C[C@@H](C)[C@]4(Oc5c(Cl)c(OC)cc(OC)c5C4=O)C3=O)Nc3nc(N)[nH]c(=O)c32)ccc1OCCc1ccc2c(c1)CCO2. The van der Waals surface area contributed by atoms with Crippen molar-refractivity contribution in [1.29, 1.82) is 0 Å². The first-order valence-corrected chi connectivity index (χ1v) is 17.2. The van der Waals surface area contributed by atoms with Crippen LogP contribution in [0.1, 0.15) is 51.9 Å². The van der Waals surface area contributed by atoms with Crippen LogP contribution in [0.5, 0.6) is 34.5 Å². The fourth-order valence-electron chi connectivity index (χ4n) is 7.76. The summed E-state index contributed by atoms with van der Waals surface area (Å²) in [5, 5.41) is 3.22. The molecule has 13 nitrogen and oxygen atoms in total. The first-order valence-electron chi connectivity index (χ1n) is 16.8. The molecule has 4 heterocycles. The number of hydrogen-bond donors (Lipinski definition) is 3. The van der Waals surface area contributed by atoms with Gasteiger partial charge in [0.15, 0.2) is 17.2 Å². The average molecular weight is 727 g/mol. The minimum atomic E-state index is -2.01. The van der Waals surface area contributed by atoms with E-state index in [0.717, 1.165) is 17.7 Å². The molecular formula is C38H35ClN4O9. The van der Waals surface area contributed by atoms with Crippen molar-refractivity contribution >= 4 is 34.9 Å². The standard InChI is InChI=1S/C38H35ClN4O9/c1-17-13-21-28(33(44)38(17)34(45)29-25(48-3)16-26(49-4)31(39)32(29)52-38)27(30-35(41-21)42-37(40)43-36(30)46)20-6-8-23(24(15-20)47-2)51-11-9-18-5-7-22-19(14-18)10-12-50-22/h5-8,14-17,27H,9-13H2,1-4H3,(H4,40,41,42,43,46)/t17-,27?,38+/m1/s1. The summed E-state index contributed by atoms with van der Waals surface area (Å²) in [7, 11) is 4.34. The molecule has 4 N–H and O–H groups in total. The van der Waals surface area contributed by atoms with Gasteiger partial charge in [-0.1, -0.05) is 36.7 Å². The Kier molecular flexibility index (Phi) is 8.05. The number of methoxy groups -OCH3 is 3. The van der Waals surface area contributed by atoms with Crippen LogP contribution in [0.4, 0.5) is 11.8 Å².